The Kier molecular flexibility index (Phi) is 7.07. The number of hydrogen-bond donors (Lipinski definition) is 0. The Morgan fingerprint density at radius 2 is 1.37 bits per heavy atom. The average Bonchev–Trinajstić information content (AvgIpc) is 2.64. The third-order valence-corrected chi connectivity index (χ3v) is 4.75. The van der Waals surface area contributed by atoms with Crippen molar-refractivity contribution in [1.29, 1.82) is 0 Å². The first-order chi connectivity index (χ1) is 13.7. The summed E-state index contributed by atoms with van der Waals surface area (Å²) in [6.45, 7) is 7.26. The molecule has 2 atom stereocenters. The van der Waals surface area contributed by atoms with E-state index in [9.17, 15) is 26.3 Å². The highest BCUT2D eigenvalue weighted by Crippen LogP contribution is 2.38. The standard InChI is InChI=1S/C23H24F6O/c1-15(2)13-21(4,18-8-6-5-7-9-18)14-30-16(3)17-10-19(22(24,25)26)12-20(11-17)23(27,28)29/h5-13,16H,14H2,1-4H3/t16-,21+/m1/s1. The Labute approximate surface area is 172 Å². The van der Waals surface area contributed by atoms with Gasteiger partial charge in [0.25, 0.3) is 0 Å². The van der Waals surface area contributed by atoms with Gasteiger partial charge in [0, 0.05) is 5.41 Å². The number of benzene rings is 2. The Balaban J connectivity index is 2.36. The molecule has 0 saturated heterocycles. The van der Waals surface area contributed by atoms with Crippen LogP contribution in [0.25, 0.3) is 0 Å². The summed E-state index contributed by atoms with van der Waals surface area (Å²) in [6, 6.07) is 10.9. The molecule has 0 amide bonds. The summed E-state index contributed by atoms with van der Waals surface area (Å²) in [5.41, 5.74) is -1.53. The second kappa shape index (κ2) is 8.84. The van der Waals surface area contributed by atoms with Crippen molar-refractivity contribution in [1.82, 2.24) is 0 Å². The van der Waals surface area contributed by atoms with Gasteiger partial charge in [0.1, 0.15) is 0 Å². The largest absolute Gasteiger partial charge is 0.416 e. The Morgan fingerprint density at radius 1 is 0.867 bits per heavy atom. The van der Waals surface area contributed by atoms with Gasteiger partial charge in [0.15, 0.2) is 0 Å². The topological polar surface area (TPSA) is 9.23 Å². The first kappa shape index (κ1) is 24.0. The molecule has 0 heterocycles. The highest BCUT2D eigenvalue weighted by molar-refractivity contribution is 5.35. The van der Waals surface area contributed by atoms with Crippen molar-refractivity contribution >= 4 is 0 Å². The summed E-state index contributed by atoms with van der Waals surface area (Å²) < 4.78 is 84.5. The number of halogens is 6. The van der Waals surface area contributed by atoms with Crippen molar-refractivity contribution in [3.05, 3.63) is 82.4 Å². The van der Waals surface area contributed by atoms with Crippen LogP contribution in [0.5, 0.6) is 0 Å². The lowest BCUT2D eigenvalue weighted by atomic mass is 9.82. The van der Waals surface area contributed by atoms with Crippen LogP contribution in [-0.4, -0.2) is 6.61 Å². The zero-order valence-corrected chi connectivity index (χ0v) is 17.2. The number of rotatable bonds is 6. The van der Waals surface area contributed by atoms with E-state index in [0.717, 1.165) is 11.1 Å². The molecular formula is C23H24F6O. The summed E-state index contributed by atoms with van der Waals surface area (Å²) >= 11 is 0. The van der Waals surface area contributed by atoms with Gasteiger partial charge < -0.3 is 4.74 Å². The molecule has 0 fully saturated rings. The smallest absolute Gasteiger partial charge is 0.373 e. The fourth-order valence-corrected chi connectivity index (χ4v) is 3.27. The Morgan fingerprint density at radius 3 is 1.80 bits per heavy atom. The third-order valence-electron chi connectivity index (χ3n) is 4.75. The molecule has 0 aliphatic rings. The molecule has 0 aliphatic carbocycles. The summed E-state index contributed by atoms with van der Waals surface area (Å²) in [5, 5.41) is 0. The predicted molar refractivity (Wildman–Crippen MR) is 104 cm³/mol. The highest BCUT2D eigenvalue weighted by atomic mass is 19.4. The number of ether oxygens (including phenoxy) is 1. The zero-order valence-electron chi connectivity index (χ0n) is 17.2. The molecule has 2 rings (SSSR count). The lowest BCUT2D eigenvalue weighted by Crippen LogP contribution is -2.27. The molecule has 0 aliphatic heterocycles. The van der Waals surface area contributed by atoms with E-state index in [0.29, 0.717) is 12.1 Å². The van der Waals surface area contributed by atoms with Gasteiger partial charge in [-0.2, -0.15) is 26.3 Å². The molecule has 30 heavy (non-hydrogen) atoms. The maximum absolute atomic E-state index is 13.1. The van der Waals surface area contributed by atoms with Crippen molar-refractivity contribution in [2.75, 3.05) is 6.61 Å². The molecule has 2 aromatic rings. The molecular weight excluding hydrogens is 406 g/mol. The molecule has 0 spiro atoms. The van der Waals surface area contributed by atoms with Crippen LogP contribution in [0.2, 0.25) is 0 Å². The predicted octanol–water partition coefficient (Wildman–Crippen LogP) is 7.73. The van der Waals surface area contributed by atoms with Crippen LogP contribution < -0.4 is 0 Å². The fourth-order valence-electron chi connectivity index (χ4n) is 3.27. The van der Waals surface area contributed by atoms with Crippen LogP contribution in [0.4, 0.5) is 26.3 Å². The monoisotopic (exact) mass is 430 g/mol. The maximum atomic E-state index is 13.1. The maximum Gasteiger partial charge on any atom is 0.416 e. The van der Waals surface area contributed by atoms with Crippen LogP contribution in [0.1, 0.15) is 56.1 Å². The summed E-state index contributed by atoms with van der Waals surface area (Å²) in [7, 11) is 0. The molecule has 7 heteroatoms. The molecule has 0 unspecified atom stereocenters. The molecule has 0 aromatic heterocycles. The summed E-state index contributed by atoms with van der Waals surface area (Å²) in [6.07, 6.45) is -8.78. The minimum Gasteiger partial charge on any atom is -0.373 e. The van der Waals surface area contributed by atoms with Gasteiger partial charge in [-0.05, 0) is 57.0 Å². The van der Waals surface area contributed by atoms with Crippen LogP contribution in [-0.2, 0) is 22.5 Å². The molecule has 0 bridgehead atoms. The quantitative estimate of drug-likeness (QED) is 0.337. The third kappa shape index (κ3) is 6.11. The van der Waals surface area contributed by atoms with Gasteiger partial charge in [0.05, 0.1) is 23.8 Å². The van der Waals surface area contributed by atoms with Crippen LogP contribution in [0, 0.1) is 0 Å². The van der Waals surface area contributed by atoms with E-state index in [4.69, 9.17) is 4.74 Å². The van der Waals surface area contributed by atoms with Gasteiger partial charge >= 0.3 is 12.4 Å². The summed E-state index contributed by atoms with van der Waals surface area (Å²) in [5.74, 6) is 0. The van der Waals surface area contributed by atoms with E-state index in [1.165, 1.54) is 6.92 Å². The first-order valence-corrected chi connectivity index (χ1v) is 9.35. The molecule has 164 valence electrons. The minimum atomic E-state index is -4.89. The second-order valence-electron chi connectivity index (χ2n) is 7.80. The lowest BCUT2D eigenvalue weighted by Gasteiger charge is -2.29. The molecule has 2 aromatic carbocycles. The van der Waals surface area contributed by atoms with Gasteiger partial charge in [0.2, 0.25) is 0 Å². The van der Waals surface area contributed by atoms with Crippen LogP contribution >= 0.6 is 0 Å². The first-order valence-electron chi connectivity index (χ1n) is 9.35. The normalized spacial score (nSPS) is 15.4. The molecule has 1 nitrogen and oxygen atoms in total. The van der Waals surface area contributed by atoms with Crippen molar-refractivity contribution < 1.29 is 31.1 Å². The fraction of sp³-hybridized carbons (Fsp3) is 0.391. The number of hydrogen-bond acceptors (Lipinski definition) is 1. The number of alkyl halides is 6. The Hall–Kier alpha value is -2.28. The second-order valence-corrected chi connectivity index (χ2v) is 7.80. The SMILES string of the molecule is CC(C)=C[C@@](C)(CO[C@H](C)c1cc(C(F)(F)F)cc(C(F)(F)F)c1)c1ccccc1. The van der Waals surface area contributed by atoms with E-state index >= 15 is 0 Å². The molecule has 0 saturated carbocycles. The van der Waals surface area contributed by atoms with Crippen molar-refractivity contribution in [2.24, 2.45) is 0 Å². The van der Waals surface area contributed by atoms with E-state index in [-0.39, 0.29) is 18.2 Å². The highest BCUT2D eigenvalue weighted by Gasteiger charge is 2.37. The number of allylic oxidation sites excluding steroid dienone is 1. The summed E-state index contributed by atoms with van der Waals surface area (Å²) in [4.78, 5) is 0. The lowest BCUT2D eigenvalue weighted by molar-refractivity contribution is -0.143. The minimum absolute atomic E-state index is 0.0843. The van der Waals surface area contributed by atoms with Crippen molar-refractivity contribution in [2.45, 2.75) is 51.6 Å². The average molecular weight is 430 g/mol. The Bertz CT molecular complexity index is 847. The van der Waals surface area contributed by atoms with E-state index in [1.807, 2.05) is 57.2 Å². The van der Waals surface area contributed by atoms with Crippen LogP contribution in [0.15, 0.2) is 60.2 Å². The van der Waals surface area contributed by atoms with Crippen LogP contribution in [0.3, 0.4) is 0 Å². The van der Waals surface area contributed by atoms with Crippen molar-refractivity contribution in [3.8, 4) is 0 Å². The van der Waals surface area contributed by atoms with E-state index < -0.39 is 35.0 Å². The molecule has 0 N–H and O–H groups in total. The molecule has 0 radical (unpaired) electrons. The van der Waals surface area contributed by atoms with Gasteiger partial charge in [-0.15, -0.1) is 0 Å². The zero-order chi connectivity index (χ0) is 22.7. The van der Waals surface area contributed by atoms with E-state index in [2.05, 4.69) is 0 Å². The van der Waals surface area contributed by atoms with Gasteiger partial charge in [-0.1, -0.05) is 42.0 Å². The van der Waals surface area contributed by atoms with Crippen molar-refractivity contribution in [3.63, 3.8) is 0 Å². The van der Waals surface area contributed by atoms with E-state index in [1.54, 1.807) is 0 Å². The van der Waals surface area contributed by atoms with Gasteiger partial charge in [-0.25, -0.2) is 0 Å². The van der Waals surface area contributed by atoms with Gasteiger partial charge in [-0.3, -0.25) is 0 Å².